The number of carbonyl (C=O) groups excluding carboxylic acids is 2. The van der Waals surface area contributed by atoms with Crippen molar-refractivity contribution < 1.29 is 32.2 Å². The lowest BCUT2D eigenvalue weighted by Crippen LogP contribution is -2.19. The Morgan fingerprint density at radius 2 is 1.90 bits per heavy atom. The molecule has 8 nitrogen and oxygen atoms in total. The molecule has 1 atom stereocenters. The summed E-state index contributed by atoms with van der Waals surface area (Å²) in [6, 6.07) is 8.51. The summed E-state index contributed by atoms with van der Waals surface area (Å²) in [6.45, 7) is 5.59. The van der Waals surface area contributed by atoms with Gasteiger partial charge in [0.05, 0.1) is 24.5 Å². The van der Waals surface area contributed by atoms with Crippen molar-refractivity contribution in [2.24, 2.45) is 5.92 Å². The van der Waals surface area contributed by atoms with Crippen LogP contribution < -0.4 is 10.1 Å². The van der Waals surface area contributed by atoms with E-state index in [1.165, 1.54) is 24.5 Å². The zero-order valence-corrected chi connectivity index (χ0v) is 23.1. The van der Waals surface area contributed by atoms with Gasteiger partial charge in [-0.25, -0.2) is 14.3 Å². The van der Waals surface area contributed by atoms with Crippen molar-refractivity contribution in [2.45, 2.75) is 52.3 Å². The number of rotatable bonds is 6. The van der Waals surface area contributed by atoms with Crippen LogP contribution >= 0.6 is 11.3 Å². The second-order valence-electron chi connectivity index (χ2n) is 10.0. The number of ether oxygens (including phenoxy) is 2. The van der Waals surface area contributed by atoms with E-state index in [4.69, 9.17) is 9.47 Å². The van der Waals surface area contributed by atoms with Crippen LogP contribution in [0.4, 0.5) is 18.2 Å². The third-order valence-electron chi connectivity index (χ3n) is 6.62. The zero-order chi connectivity index (χ0) is 28.8. The third-order valence-corrected chi connectivity index (χ3v) is 7.79. The van der Waals surface area contributed by atoms with Crippen molar-refractivity contribution >= 4 is 33.9 Å². The highest BCUT2D eigenvalue weighted by Gasteiger charge is 2.36. The second-order valence-corrected chi connectivity index (χ2v) is 11.1. The number of nitrogens with zero attached hydrogens (tertiary/aromatic N) is 3. The largest absolute Gasteiger partial charge is 0.497 e. The SMILES string of the molecule is COc1ccc(-c2cc(C(F)(F)F)n3nc(C(=O)Nc4sc5c(c4C(=O)OC(C)C)CC[C@H](C)C5)cc3n2)cc1. The maximum absolute atomic E-state index is 14.0. The quantitative estimate of drug-likeness (QED) is 0.268. The maximum atomic E-state index is 14.0. The Hall–Kier alpha value is -3.93. The predicted molar refractivity (Wildman–Crippen MR) is 144 cm³/mol. The van der Waals surface area contributed by atoms with E-state index in [2.05, 4.69) is 22.3 Å². The molecule has 210 valence electrons. The fourth-order valence-electron chi connectivity index (χ4n) is 4.69. The number of halogens is 3. The summed E-state index contributed by atoms with van der Waals surface area (Å²) in [5.74, 6) is -0.327. The van der Waals surface area contributed by atoms with Gasteiger partial charge in [-0.3, -0.25) is 4.79 Å². The van der Waals surface area contributed by atoms with Gasteiger partial charge in [-0.2, -0.15) is 18.3 Å². The number of hydrogen-bond donors (Lipinski definition) is 1. The van der Waals surface area contributed by atoms with Crippen LogP contribution in [0.1, 0.15) is 64.2 Å². The average molecular weight is 573 g/mol. The van der Waals surface area contributed by atoms with E-state index in [1.807, 2.05) is 0 Å². The molecule has 1 amide bonds. The van der Waals surface area contributed by atoms with Crippen LogP contribution in [0, 0.1) is 5.92 Å². The number of anilines is 1. The van der Waals surface area contributed by atoms with Crippen LogP contribution in [0.25, 0.3) is 16.9 Å². The summed E-state index contributed by atoms with van der Waals surface area (Å²) < 4.78 is 53.3. The van der Waals surface area contributed by atoms with Crippen LogP contribution in [0.2, 0.25) is 0 Å². The first-order valence-corrected chi connectivity index (χ1v) is 13.6. The van der Waals surface area contributed by atoms with Crippen LogP contribution in [-0.4, -0.2) is 39.7 Å². The fourth-order valence-corrected chi connectivity index (χ4v) is 6.09. The first kappa shape index (κ1) is 27.6. The third kappa shape index (κ3) is 5.40. The van der Waals surface area contributed by atoms with E-state index in [0.29, 0.717) is 38.7 Å². The number of thiophene rings is 1. The van der Waals surface area contributed by atoms with Gasteiger partial charge < -0.3 is 14.8 Å². The Bertz CT molecular complexity index is 1590. The first-order chi connectivity index (χ1) is 18.9. The van der Waals surface area contributed by atoms with Gasteiger partial charge in [0.1, 0.15) is 10.8 Å². The Morgan fingerprint density at radius 3 is 2.55 bits per heavy atom. The monoisotopic (exact) mass is 572 g/mol. The minimum Gasteiger partial charge on any atom is -0.497 e. The van der Waals surface area contributed by atoms with E-state index in [-0.39, 0.29) is 23.1 Å². The smallest absolute Gasteiger partial charge is 0.433 e. The molecule has 0 spiro atoms. The molecule has 0 saturated carbocycles. The normalized spacial score (nSPS) is 15.2. The van der Waals surface area contributed by atoms with Crippen molar-refractivity contribution in [1.82, 2.24) is 14.6 Å². The molecule has 0 aliphatic heterocycles. The second kappa shape index (κ2) is 10.6. The summed E-state index contributed by atoms with van der Waals surface area (Å²) in [7, 11) is 1.49. The number of carbonyl (C=O) groups is 2. The van der Waals surface area contributed by atoms with Gasteiger partial charge in [0, 0.05) is 16.5 Å². The predicted octanol–water partition coefficient (Wildman–Crippen LogP) is 6.43. The molecule has 0 bridgehead atoms. The number of benzene rings is 1. The lowest BCUT2D eigenvalue weighted by molar-refractivity contribution is -0.142. The van der Waals surface area contributed by atoms with Gasteiger partial charge in [-0.15, -0.1) is 11.3 Å². The van der Waals surface area contributed by atoms with Crippen LogP contribution in [0.15, 0.2) is 36.4 Å². The van der Waals surface area contributed by atoms with E-state index < -0.39 is 23.7 Å². The number of esters is 1. The van der Waals surface area contributed by atoms with Crippen LogP contribution in [0.3, 0.4) is 0 Å². The molecule has 0 saturated heterocycles. The maximum Gasteiger partial charge on any atom is 0.433 e. The highest BCUT2D eigenvalue weighted by molar-refractivity contribution is 7.17. The molecule has 4 aromatic rings. The highest BCUT2D eigenvalue weighted by atomic mass is 32.1. The van der Waals surface area contributed by atoms with E-state index in [0.717, 1.165) is 29.3 Å². The molecule has 0 fully saturated rings. The molecule has 40 heavy (non-hydrogen) atoms. The van der Waals surface area contributed by atoms with Gasteiger partial charge in [-0.05, 0) is 74.9 Å². The summed E-state index contributed by atoms with van der Waals surface area (Å²) in [4.78, 5) is 31.6. The molecule has 0 radical (unpaired) electrons. The molecule has 12 heteroatoms. The summed E-state index contributed by atoms with van der Waals surface area (Å²) >= 11 is 1.29. The number of alkyl halides is 3. The van der Waals surface area contributed by atoms with E-state index >= 15 is 0 Å². The minimum absolute atomic E-state index is 0.0631. The average Bonchev–Trinajstić information content (AvgIpc) is 3.48. The molecule has 1 aliphatic carbocycles. The van der Waals surface area contributed by atoms with Gasteiger partial charge >= 0.3 is 12.1 Å². The fraction of sp³-hybridized carbons (Fsp3) is 0.357. The van der Waals surface area contributed by atoms with Crippen molar-refractivity contribution in [2.75, 3.05) is 12.4 Å². The molecule has 1 aromatic carbocycles. The first-order valence-electron chi connectivity index (χ1n) is 12.7. The number of nitrogens with one attached hydrogen (secondary N) is 1. The lowest BCUT2D eigenvalue weighted by atomic mass is 9.88. The van der Waals surface area contributed by atoms with Gasteiger partial charge in [0.2, 0.25) is 0 Å². The number of methoxy groups -OCH3 is 1. The Kier molecular flexibility index (Phi) is 7.30. The number of hydrogen-bond acceptors (Lipinski definition) is 7. The van der Waals surface area contributed by atoms with Crippen molar-refractivity contribution in [1.29, 1.82) is 0 Å². The van der Waals surface area contributed by atoms with E-state index in [1.54, 1.807) is 38.1 Å². The van der Waals surface area contributed by atoms with Crippen molar-refractivity contribution in [3.63, 3.8) is 0 Å². The summed E-state index contributed by atoms with van der Waals surface area (Å²) in [6.07, 6.45) is -2.79. The number of aromatic nitrogens is 3. The van der Waals surface area contributed by atoms with Crippen molar-refractivity contribution in [3.8, 4) is 17.0 Å². The molecule has 1 aliphatic rings. The molecular formula is C28H27F3N4O4S. The Labute approximate surface area is 232 Å². The van der Waals surface area contributed by atoms with Gasteiger partial charge in [0.25, 0.3) is 5.91 Å². The van der Waals surface area contributed by atoms with Crippen LogP contribution in [0.5, 0.6) is 5.75 Å². The molecule has 5 rings (SSSR count). The standard InChI is InChI=1S/C28H27F3N4O4S/c1-14(2)39-27(37)24-18-10-5-15(3)11-21(18)40-26(24)33-25(36)20-13-23-32-19(16-6-8-17(38-4)9-7-16)12-22(28(29,30)31)35(23)34-20/h6-9,12-15H,5,10-11H2,1-4H3,(H,33,36)/t15-/m0/s1. The summed E-state index contributed by atoms with van der Waals surface area (Å²) in [5, 5.41) is 6.96. The zero-order valence-electron chi connectivity index (χ0n) is 22.3. The lowest BCUT2D eigenvalue weighted by Gasteiger charge is -2.18. The summed E-state index contributed by atoms with van der Waals surface area (Å²) in [5.41, 5.74) is 0.153. The Morgan fingerprint density at radius 1 is 1.18 bits per heavy atom. The molecule has 3 aromatic heterocycles. The molecule has 1 N–H and O–H groups in total. The highest BCUT2D eigenvalue weighted by Crippen LogP contribution is 2.40. The topological polar surface area (TPSA) is 94.8 Å². The molecule has 3 heterocycles. The molecular weight excluding hydrogens is 545 g/mol. The molecule has 0 unspecified atom stereocenters. The minimum atomic E-state index is -4.76. The van der Waals surface area contributed by atoms with Gasteiger partial charge in [-0.1, -0.05) is 6.92 Å². The van der Waals surface area contributed by atoms with Crippen LogP contribution in [-0.2, 0) is 23.8 Å². The Balaban J connectivity index is 1.53. The van der Waals surface area contributed by atoms with Gasteiger partial charge in [0.15, 0.2) is 17.0 Å². The number of fused-ring (bicyclic) bond motifs is 2. The van der Waals surface area contributed by atoms with E-state index in [9.17, 15) is 22.8 Å². The van der Waals surface area contributed by atoms with Crippen molar-refractivity contribution in [3.05, 3.63) is 63.8 Å². The number of amides is 1.